The third kappa shape index (κ3) is 10.3. The lowest BCUT2D eigenvalue weighted by Crippen LogP contribution is -2.49. The zero-order valence-electron chi connectivity index (χ0n) is 24.5. The second-order valence-corrected chi connectivity index (χ2v) is 10.2. The van der Waals surface area contributed by atoms with E-state index >= 15 is 0 Å². The molecule has 12 nitrogen and oxygen atoms in total. The normalized spacial score (nSPS) is 12.0. The van der Waals surface area contributed by atoms with Crippen molar-refractivity contribution in [3.8, 4) is 11.5 Å². The monoisotopic (exact) mass is 591 g/mol. The number of hydrogen-bond donors (Lipinski definition) is 5. The molecule has 0 fully saturated rings. The average molecular weight is 592 g/mol. The molecule has 1 unspecified atom stereocenters. The fourth-order valence-corrected chi connectivity index (χ4v) is 4.32. The third-order valence-corrected chi connectivity index (χ3v) is 6.35. The van der Waals surface area contributed by atoms with Crippen LogP contribution in [0.3, 0.4) is 0 Å². The van der Waals surface area contributed by atoms with Gasteiger partial charge in [0.15, 0.2) is 11.5 Å². The SMILES string of the molecule is COc1ccc(C(CC(=O)O)NC(=O)[C@H](CC(C)C)NC(=O)Cc2ccc(NC(=O)Nc3ccccn3)cc2)cc1OC. The number of aromatic nitrogens is 1. The molecule has 0 spiro atoms. The number of carboxylic acids is 1. The summed E-state index contributed by atoms with van der Waals surface area (Å²) in [6.45, 7) is 3.84. The number of nitrogens with zero attached hydrogens (tertiary/aromatic N) is 1. The first-order valence-corrected chi connectivity index (χ1v) is 13.7. The zero-order chi connectivity index (χ0) is 31.4. The number of ether oxygens (including phenoxy) is 2. The summed E-state index contributed by atoms with van der Waals surface area (Å²) in [5.41, 5.74) is 1.71. The number of methoxy groups -OCH3 is 2. The van der Waals surface area contributed by atoms with E-state index in [0.29, 0.717) is 40.6 Å². The minimum absolute atomic E-state index is 0.00345. The molecule has 12 heteroatoms. The number of pyridine rings is 1. The van der Waals surface area contributed by atoms with Crippen LogP contribution in [0.25, 0.3) is 0 Å². The molecule has 1 heterocycles. The highest BCUT2D eigenvalue weighted by molar-refractivity contribution is 5.99. The maximum absolute atomic E-state index is 13.4. The first-order chi connectivity index (χ1) is 20.6. The Labute approximate surface area is 250 Å². The van der Waals surface area contributed by atoms with Crippen molar-refractivity contribution < 1.29 is 33.8 Å². The predicted molar refractivity (Wildman–Crippen MR) is 161 cm³/mol. The summed E-state index contributed by atoms with van der Waals surface area (Å²) in [6, 6.07) is 14.6. The van der Waals surface area contributed by atoms with Crippen LogP contribution in [-0.4, -0.2) is 54.2 Å². The molecule has 0 aliphatic heterocycles. The van der Waals surface area contributed by atoms with Gasteiger partial charge in [-0.2, -0.15) is 0 Å². The van der Waals surface area contributed by atoms with E-state index in [9.17, 15) is 24.3 Å². The molecule has 43 heavy (non-hydrogen) atoms. The van der Waals surface area contributed by atoms with E-state index in [4.69, 9.17) is 9.47 Å². The van der Waals surface area contributed by atoms with Crippen molar-refractivity contribution in [3.05, 3.63) is 78.0 Å². The van der Waals surface area contributed by atoms with Gasteiger partial charge in [-0.3, -0.25) is 19.7 Å². The maximum atomic E-state index is 13.4. The summed E-state index contributed by atoms with van der Waals surface area (Å²) in [6.07, 6.45) is 1.54. The Hall–Kier alpha value is -5.13. The topological polar surface area (TPSA) is 168 Å². The van der Waals surface area contributed by atoms with Crippen LogP contribution >= 0.6 is 0 Å². The number of nitrogens with one attached hydrogen (secondary N) is 4. The molecule has 4 amide bonds. The molecule has 0 saturated carbocycles. The van der Waals surface area contributed by atoms with Crippen molar-refractivity contribution in [1.29, 1.82) is 0 Å². The van der Waals surface area contributed by atoms with Crippen LogP contribution < -0.4 is 30.7 Å². The number of anilines is 2. The number of rotatable bonds is 14. The van der Waals surface area contributed by atoms with E-state index in [0.717, 1.165) is 0 Å². The first kappa shape index (κ1) is 32.4. The zero-order valence-corrected chi connectivity index (χ0v) is 24.5. The molecule has 228 valence electrons. The van der Waals surface area contributed by atoms with E-state index < -0.39 is 30.0 Å². The number of carbonyl (C=O) groups excluding carboxylic acids is 3. The lowest BCUT2D eigenvalue weighted by atomic mass is 9.99. The summed E-state index contributed by atoms with van der Waals surface area (Å²) < 4.78 is 10.6. The Kier molecular flexibility index (Phi) is 11.9. The van der Waals surface area contributed by atoms with E-state index in [2.05, 4.69) is 26.3 Å². The number of carbonyl (C=O) groups is 4. The molecule has 2 aromatic carbocycles. The van der Waals surface area contributed by atoms with Gasteiger partial charge in [0.1, 0.15) is 11.9 Å². The van der Waals surface area contributed by atoms with Gasteiger partial charge in [-0.15, -0.1) is 0 Å². The Bertz CT molecular complexity index is 1400. The van der Waals surface area contributed by atoms with Crippen molar-refractivity contribution in [2.24, 2.45) is 5.92 Å². The van der Waals surface area contributed by atoms with Gasteiger partial charge in [-0.1, -0.05) is 38.1 Å². The second kappa shape index (κ2) is 15.8. The molecule has 0 radical (unpaired) electrons. The molecule has 5 N–H and O–H groups in total. The number of carboxylic acid groups (broad SMARTS) is 1. The second-order valence-electron chi connectivity index (χ2n) is 10.2. The molecule has 0 aliphatic rings. The van der Waals surface area contributed by atoms with Crippen LogP contribution in [0.15, 0.2) is 66.9 Å². The molecule has 0 saturated heterocycles. The minimum atomic E-state index is -1.10. The van der Waals surface area contributed by atoms with Crippen LogP contribution in [0, 0.1) is 5.92 Å². The highest BCUT2D eigenvalue weighted by Crippen LogP contribution is 2.31. The number of hydrogen-bond acceptors (Lipinski definition) is 7. The van der Waals surface area contributed by atoms with Gasteiger partial charge in [-0.25, -0.2) is 9.78 Å². The Morgan fingerprint density at radius 1 is 0.884 bits per heavy atom. The smallest absolute Gasteiger partial charge is 0.324 e. The van der Waals surface area contributed by atoms with Gasteiger partial charge >= 0.3 is 12.0 Å². The van der Waals surface area contributed by atoms with Crippen LogP contribution in [0.4, 0.5) is 16.3 Å². The number of benzene rings is 2. The van der Waals surface area contributed by atoms with Gasteiger partial charge in [0, 0.05) is 11.9 Å². The summed E-state index contributed by atoms with van der Waals surface area (Å²) in [5, 5.41) is 20.4. The van der Waals surface area contributed by atoms with Crippen LogP contribution in [-0.2, 0) is 20.8 Å². The molecule has 3 aromatic rings. The van der Waals surface area contributed by atoms with Gasteiger partial charge in [0.2, 0.25) is 11.8 Å². The fourth-order valence-electron chi connectivity index (χ4n) is 4.32. The van der Waals surface area contributed by atoms with Crippen molar-refractivity contribution >= 4 is 35.3 Å². The number of amides is 4. The van der Waals surface area contributed by atoms with E-state index in [1.54, 1.807) is 66.9 Å². The fraction of sp³-hybridized carbons (Fsp3) is 0.323. The Morgan fingerprint density at radius 3 is 2.21 bits per heavy atom. The summed E-state index contributed by atoms with van der Waals surface area (Å²) in [5.74, 6) is -0.641. The highest BCUT2D eigenvalue weighted by Gasteiger charge is 2.27. The van der Waals surface area contributed by atoms with E-state index in [-0.39, 0.29) is 24.7 Å². The lowest BCUT2D eigenvalue weighted by molar-refractivity contribution is -0.138. The maximum Gasteiger partial charge on any atom is 0.324 e. The Balaban J connectivity index is 1.64. The molecule has 1 aromatic heterocycles. The van der Waals surface area contributed by atoms with Gasteiger partial charge in [0.25, 0.3) is 0 Å². The lowest BCUT2D eigenvalue weighted by Gasteiger charge is -2.24. The van der Waals surface area contributed by atoms with Gasteiger partial charge in [-0.05, 0) is 59.9 Å². The van der Waals surface area contributed by atoms with Crippen molar-refractivity contribution in [3.63, 3.8) is 0 Å². The minimum Gasteiger partial charge on any atom is -0.493 e. The Morgan fingerprint density at radius 2 is 1.60 bits per heavy atom. The third-order valence-electron chi connectivity index (χ3n) is 6.35. The molecular formula is C31H37N5O7. The van der Waals surface area contributed by atoms with Crippen molar-refractivity contribution in [2.45, 2.75) is 45.2 Å². The van der Waals surface area contributed by atoms with Crippen LogP contribution in [0.5, 0.6) is 11.5 Å². The number of aliphatic carboxylic acids is 1. The quantitative estimate of drug-likeness (QED) is 0.186. The average Bonchev–Trinajstić information content (AvgIpc) is 2.97. The van der Waals surface area contributed by atoms with E-state index in [1.165, 1.54) is 14.2 Å². The van der Waals surface area contributed by atoms with Crippen molar-refractivity contribution in [1.82, 2.24) is 15.6 Å². The molecule has 3 rings (SSSR count). The largest absolute Gasteiger partial charge is 0.493 e. The number of urea groups is 1. The van der Waals surface area contributed by atoms with E-state index in [1.807, 2.05) is 13.8 Å². The predicted octanol–water partition coefficient (Wildman–Crippen LogP) is 4.15. The summed E-state index contributed by atoms with van der Waals surface area (Å²) in [7, 11) is 2.95. The van der Waals surface area contributed by atoms with Crippen molar-refractivity contribution in [2.75, 3.05) is 24.9 Å². The van der Waals surface area contributed by atoms with Gasteiger partial charge in [0.05, 0.1) is 33.1 Å². The molecular weight excluding hydrogens is 554 g/mol. The standard InChI is InChI=1S/C31H37N5O7/c1-19(2)15-24(30(40)35-23(18-29(38)39)21-10-13-25(42-3)26(17-21)43-4)34-28(37)16-20-8-11-22(12-9-20)33-31(41)36-27-7-5-6-14-32-27/h5-14,17,19,23-24H,15-16,18H2,1-4H3,(H,34,37)(H,35,40)(H,38,39)(H2,32,33,36,41)/t23?,24-/m0/s1. The van der Waals surface area contributed by atoms with Gasteiger partial charge < -0.3 is 30.5 Å². The molecule has 0 bridgehead atoms. The molecule has 0 aliphatic carbocycles. The van der Waals surface area contributed by atoms with Crippen LogP contribution in [0.2, 0.25) is 0 Å². The summed E-state index contributed by atoms with van der Waals surface area (Å²) in [4.78, 5) is 54.2. The first-order valence-electron chi connectivity index (χ1n) is 13.7. The highest BCUT2D eigenvalue weighted by atomic mass is 16.5. The van der Waals surface area contributed by atoms with Crippen LogP contribution in [0.1, 0.15) is 43.9 Å². The molecule has 2 atom stereocenters. The summed E-state index contributed by atoms with van der Waals surface area (Å²) >= 11 is 0.